The van der Waals surface area contributed by atoms with Crippen molar-refractivity contribution in [1.29, 1.82) is 0 Å². The second kappa shape index (κ2) is 9.30. The van der Waals surface area contributed by atoms with E-state index in [4.69, 9.17) is 17.0 Å². The number of hydrogen-bond acceptors (Lipinski definition) is 6. The van der Waals surface area contributed by atoms with Gasteiger partial charge >= 0.3 is 0 Å². The molecule has 0 fully saturated rings. The molecule has 1 amide bonds. The summed E-state index contributed by atoms with van der Waals surface area (Å²) in [5.41, 5.74) is 0.688. The van der Waals surface area contributed by atoms with E-state index in [0.717, 1.165) is 17.4 Å². The van der Waals surface area contributed by atoms with Gasteiger partial charge in [-0.25, -0.2) is 0 Å². The third-order valence-electron chi connectivity index (χ3n) is 3.30. The maximum atomic E-state index is 11.9. The van der Waals surface area contributed by atoms with Crippen LogP contribution in [0.1, 0.15) is 12.5 Å². The molecule has 0 aromatic heterocycles. The Morgan fingerprint density at radius 1 is 1.30 bits per heavy atom. The van der Waals surface area contributed by atoms with Crippen LogP contribution in [-0.4, -0.2) is 27.7 Å². The third kappa shape index (κ3) is 6.08. The highest BCUT2D eigenvalue weighted by Crippen LogP contribution is 2.27. The van der Waals surface area contributed by atoms with Crippen LogP contribution in [0.3, 0.4) is 0 Å². The van der Waals surface area contributed by atoms with Crippen LogP contribution in [0.25, 0.3) is 6.08 Å². The lowest BCUT2D eigenvalue weighted by atomic mass is 10.2. The van der Waals surface area contributed by atoms with E-state index in [1.165, 1.54) is 18.2 Å². The molecule has 0 aliphatic carbocycles. The first-order valence-electron chi connectivity index (χ1n) is 7.89. The van der Waals surface area contributed by atoms with Crippen molar-refractivity contribution in [2.24, 2.45) is 0 Å². The summed E-state index contributed by atoms with van der Waals surface area (Å²) >= 11 is 4.99. The molecule has 0 aliphatic heterocycles. The number of nitro groups is 1. The van der Waals surface area contributed by atoms with Crippen LogP contribution in [0.5, 0.6) is 11.5 Å². The van der Waals surface area contributed by atoms with Crippen LogP contribution in [-0.2, 0) is 4.79 Å². The van der Waals surface area contributed by atoms with Gasteiger partial charge in [-0.3, -0.25) is 20.2 Å². The van der Waals surface area contributed by atoms with Gasteiger partial charge in [0.25, 0.3) is 5.69 Å². The highest BCUT2D eigenvalue weighted by Gasteiger charge is 2.11. The van der Waals surface area contributed by atoms with Gasteiger partial charge in [0.1, 0.15) is 11.5 Å². The monoisotopic (exact) mass is 387 g/mol. The maximum Gasteiger partial charge on any atom is 0.273 e. The number of benzene rings is 2. The minimum absolute atomic E-state index is 0.0551. The minimum Gasteiger partial charge on any atom is -0.506 e. The van der Waals surface area contributed by atoms with Gasteiger partial charge in [0.05, 0.1) is 23.3 Å². The normalized spacial score (nSPS) is 10.4. The second-order valence-electron chi connectivity index (χ2n) is 5.24. The number of phenols is 1. The van der Waals surface area contributed by atoms with Crippen LogP contribution in [0, 0.1) is 10.1 Å². The molecule has 0 aliphatic rings. The molecule has 0 atom stereocenters. The molecule has 2 aromatic rings. The minimum atomic E-state index is -0.630. The molecule has 0 bridgehead atoms. The van der Waals surface area contributed by atoms with Crippen molar-refractivity contribution in [1.82, 2.24) is 5.32 Å². The Kier molecular flexibility index (Phi) is 6.84. The van der Waals surface area contributed by atoms with Gasteiger partial charge in [0.2, 0.25) is 5.91 Å². The van der Waals surface area contributed by atoms with Gasteiger partial charge < -0.3 is 15.2 Å². The number of thiocarbonyl (C=S) groups is 1. The van der Waals surface area contributed by atoms with E-state index in [-0.39, 0.29) is 22.2 Å². The van der Waals surface area contributed by atoms with Crippen molar-refractivity contribution < 1.29 is 19.6 Å². The number of amides is 1. The van der Waals surface area contributed by atoms with E-state index in [2.05, 4.69) is 10.6 Å². The number of phenolic OH excluding ortho intramolecular Hbond substituents is 1. The summed E-state index contributed by atoms with van der Waals surface area (Å²) < 4.78 is 5.34. The standard InChI is InChI=1S/C18H17N3O5S/c1-2-26-14-7-3-12(4-8-14)5-10-17(23)20-18(27)19-15-9-6-13(21(24)25)11-16(15)22/h3-11,22H,2H2,1H3,(H2,19,20,23,27)/b10-5+. The van der Waals surface area contributed by atoms with E-state index >= 15 is 0 Å². The first-order valence-corrected chi connectivity index (χ1v) is 8.30. The van der Waals surface area contributed by atoms with Crippen LogP contribution in [0.15, 0.2) is 48.5 Å². The van der Waals surface area contributed by atoms with Crippen LogP contribution in [0.2, 0.25) is 0 Å². The highest BCUT2D eigenvalue weighted by atomic mass is 32.1. The molecule has 0 unspecified atom stereocenters. The first kappa shape index (κ1) is 19.9. The van der Waals surface area contributed by atoms with Crippen molar-refractivity contribution >= 4 is 40.7 Å². The molecule has 0 saturated carbocycles. The number of hydrogen-bond donors (Lipinski definition) is 3. The lowest BCUT2D eigenvalue weighted by Gasteiger charge is -2.09. The van der Waals surface area contributed by atoms with Gasteiger partial charge in [-0.2, -0.15) is 0 Å². The molecular weight excluding hydrogens is 370 g/mol. The number of carbonyl (C=O) groups is 1. The molecular formula is C18H17N3O5S. The molecule has 9 heteroatoms. The number of non-ortho nitro benzene ring substituents is 1. The fraction of sp³-hybridized carbons (Fsp3) is 0.111. The summed E-state index contributed by atoms with van der Waals surface area (Å²) in [6, 6.07) is 10.7. The zero-order chi connectivity index (χ0) is 19.8. The van der Waals surface area contributed by atoms with Crippen LogP contribution >= 0.6 is 12.2 Å². The van der Waals surface area contributed by atoms with Crippen LogP contribution in [0.4, 0.5) is 11.4 Å². The Bertz CT molecular complexity index is 881. The molecule has 2 aromatic carbocycles. The average Bonchev–Trinajstić information content (AvgIpc) is 2.63. The van der Waals surface area contributed by atoms with E-state index in [9.17, 15) is 20.0 Å². The zero-order valence-corrected chi connectivity index (χ0v) is 15.2. The number of nitro benzene ring substituents is 1. The Hall–Kier alpha value is -3.46. The van der Waals surface area contributed by atoms with Gasteiger partial charge in [0.15, 0.2) is 5.11 Å². The Labute approximate surface area is 160 Å². The molecule has 0 spiro atoms. The van der Waals surface area contributed by atoms with Gasteiger partial charge in [-0.05, 0) is 49.0 Å². The Balaban J connectivity index is 1.91. The van der Waals surface area contributed by atoms with Crippen molar-refractivity contribution in [2.45, 2.75) is 6.92 Å². The second-order valence-corrected chi connectivity index (χ2v) is 5.65. The lowest BCUT2D eigenvalue weighted by molar-refractivity contribution is -0.384. The topological polar surface area (TPSA) is 114 Å². The smallest absolute Gasteiger partial charge is 0.273 e. The third-order valence-corrected chi connectivity index (χ3v) is 3.50. The Morgan fingerprint density at radius 2 is 2.00 bits per heavy atom. The fourth-order valence-electron chi connectivity index (χ4n) is 2.06. The average molecular weight is 387 g/mol. The number of anilines is 1. The van der Waals surface area contributed by atoms with Crippen molar-refractivity contribution in [2.75, 3.05) is 11.9 Å². The van der Waals surface area contributed by atoms with Crippen molar-refractivity contribution in [3.8, 4) is 11.5 Å². The number of nitrogens with one attached hydrogen (secondary N) is 2. The summed E-state index contributed by atoms with van der Waals surface area (Å²) in [7, 11) is 0. The highest BCUT2D eigenvalue weighted by molar-refractivity contribution is 7.80. The summed E-state index contributed by atoms with van der Waals surface area (Å²) in [6.07, 6.45) is 2.91. The molecule has 2 rings (SSSR count). The van der Waals surface area contributed by atoms with Gasteiger partial charge in [-0.15, -0.1) is 0 Å². The Morgan fingerprint density at radius 3 is 2.59 bits per heavy atom. The SMILES string of the molecule is CCOc1ccc(/C=C/C(=O)NC(=S)Nc2ccc([N+](=O)[O-])cc2O)cc1. The molecule has 27 heavy (non-hydrogen) atoms. The fourth-order valence-corrected chi connectivity index (χ4v) is 2.27. The summed E-state index contributed by atoms with van der Waals surface area (Å²) in [5, 5.41) is 25.4. The molecule has 0 radical (unpaired) electrons. The van der Waals surface area contributed by atoms with Gasteiger partial charge in [-0.1, -0.05) is 12.1 Å². The molecule has 0 saturated heterocycles. The summed E-state index contributed by atoms with van der Waals surface area (Å²) in [6.45, 7) is 2.47. The zero-order valence-electron chi connectivity index (χ0n) is 14.3. The van der Waals surface area contributed by atoms with Gasteiger partial charge in [0, 0.05) is 12.1 Å². The number of aromatic hydroxyl groups is 1. The van der Waals surface area contributed by atoms with Crippen molar-refractivity contribution in [3.05, 3.63) is 64.2 Å². The van der Waals surface area contributed by atoms with E-state index in [1.54, 1.807) is 30.3 Å². The molecule has 140 valence electrons. The number of rotatable bonds is 6. The number of nitrogens with zero attached hydrogens (tertiary/aromatic N) is 1. The van der Waals surface area contributed by atoms with Crippen molar-refractivity contribution in [3.63, 3.8) is 0 Å². The summed E-state index contributed by atoms with van der Waals surface area (Å²) in [5.74, 6) is -0.0825. The molecule has 3 N–H and O–H groups in total. The number of ether oxygens (including phenoxy) is 1. The largest absolute Gasteiger partial charge is 0.506 e. The van der Waals surface area contributed by atoms with E-state index in [1.807, 2.05) is 6.92 Å². The predicted molar refractivity (Wildman–Crippen MR) is 106 cm³/mol. The quantitative estimate of drug-likeness (QED) is 0.229. The molecule has 0 heterocycles. The van der Waals surface area contributed by atoms with Crippen LogP contribution < -0.4 is 15.4 Å². The maximum absolute atomic E-state index is 11.9. The van der Waals surface area contributed by atoms with E-state index in [0.29, 0.717) is 6.61 Å². The predicted octanol–water partition coefficient (Wildman–Crippen LogP) is 3.23. The number of carbonyl (C=O) groups excluding carboxylic acids is 1. The lowest BCUT2D eigenvalue weighted by Crippen LogP contribution is -2.32. The van der Waals surface area contributed by atoms with E-state index < -0.39 is 10.8 Å². The first-order chi connectivity index (χ1) is 12.9. The summed E-state index contributed by atoms with van der Waals surface area (Å²) in [4.78, 5) is 21.9. The molecule has 8 nitrogen and oxygen atoms in total.